The number of aromatic amines is 2. The Morgan fingerprint density at radius 2 is 2.40 bits per heavy atom. The van der Waals surface area contributed by atoms with Crippen LogP contribution in [0.25, 0.3) is 11.0 Å². The number of nitrogens with zero attached hydrogens (tertiary/aromatic N) is 1. The highest BCUT2D eigenvalue weighted by molar-refractivity contribution is 5.71. The third-order valence-electron chi connectivity index (χ3n) is 1.26. The number of nitrogens with one attached hydrogen (secondary N) is 2. The monoisotopic (exact) mass is 247 g/mol. The van der Waals surface area contributed by atoms with Gasteiger partial charge in [0.1, 0.15) is 11.0 Å². The summed E-state index contributed by atoms with van der Waals surface area (Å²) in [4.78, 5) is 9.97. The number of halogens is 1. The van der Waals surface area contributed by atoms with Crippen molar-refractivity contribution < 1.29 is 29.0 Å². The van der Waals surface area contributed by atoms with Gasteiger partial charge in [0.15, 0.2) is 12.4 Å². The van der Waals surface area contributed by atoms with E-state index in [1.165, 1.54) is 0 Å². The largest absolute Gasteiger partial charge is 1.00 e. The summed E-state index contributed by atoms with van der Waals surface area (Å²) in [6.07, 6.45) is 5.41. The number of hydrogen-bond acceptors (Lipinski definition) is 1. The molecule has 0 atom stereocenters. The van der Waals surface area contributed by atoms with E-state index in [4.69, 9.17) is 0 Å². The summed E-state index contributed by atoms with van der Waals surface area (Å²) in [5.74, 6) is 0. The van der Waals surface area contributed by atoms with Gasteiger partial charge in [0.25, 0.3) is 0 Å². The van der Waals surface area contributed by atoms with E-state index >= 15 is 0 Å². The van der Waals surface area contributed by atoms with Gasteiger partial charge in [0.2, 0.25) is 0 Å². The standard InChI is InChI=1S/C6H5N3.HI/c1-2-7-3-6-5(1)8-4-9-6;/h1-4H,(H,8,9);1H. The Morgan fingerprint density at radius 3 is 3.20 bits per heavy atom. The van der Waals surface area contributed by atoms with Crippen molar-refractivity contribution in [3.05, 3.63) is 24.8 Å². The number of hydrogen-bond donors (Lipinski definition) is 1. The molecule has 0 saturated heterocycles. The molecule has 3 nitrogen and oxygen atoms in total. The van der Waals surface area contributed by atoms with Gasteiger partial charge in [-0.15, -0.1) is 0 Å². The molecule has 2 heterocycles. The predicted molar refractivity (Wildman–Crippen MR) is 32.6 cm³/mol. The van der Waals surface area contributed by atoms with Gasteiger partial charge in [-0.25, -0.2) is 9.97 Å². The van der Waals surface area contributed by atoms with Gasteiger partial charge in [0, 0.05) is 6.07 Å². The molecule has 0 aliphatic rings. The van der Waals surface area contributed by atoms with Crippen LogP contribution in [0, 0.1) is 0 Å². The van der Waals surface area contributed by atoms with E-state index in [1.807, 2.05) is 18.5 Å². The molecule has 2 rings (SSSR count). The minimum Gasteiger partial charge on any atom is -1.00 e. The lowest BCUT2D eigenvalue weighted by Crippen LogP contribution is -3.00. The first-order valence-electron chi connectivity index (χ1n) is 2.76. The second kappa shape index (κ2) is 2.96. The number of pyridine rings is 1. The lowest BCUT2D eigenvalue weighted by atomic mass is 10.4. The molecule has 0 bridgehead atoms. The molecule has 0 unspecified atom stereocenters. The SMILES string of the molecule is [I-].c1nc2cc[nH+]cc2[nH]1. The molecule has 52 valence electrons. The van der Waals surface area contributed by atoms with E-state index in [1.54, 1.807) is 6.33 Å². The van der Waals surface area contributed by atoms with Crippen LogP contribution < -0.4 is 29.0 Å². The molecule has 0 fully saturated rings. The Balaban J connectivity index is 0.000000500. The van der Waals surface area contributed by atoms with Crippen LogP contribution in [0.1, 0.15) is 0 Å². The van der Waals surface area contributed by atoms with E-state index < -0.39 is 0 Å². The van der Waals surface area contributed by atoms with Crippen LogP contribution in [0.3, 0.4) is 0 Å². The minimum absolute atomic E-state index is 0. The maximum atomic E-state index is 4.04. The average molecular weight is 247 g/mol. The van der Waals surface area contributed by atoms with Crippen LogP contribution in [0.2, 0.25) is 0 Å². The summed E-state index contributed by atoms with van der Waals surface area (Å²) in [5, 5.41) is 0. The Hall–Kier alpha value is -0.650. The summed E-state index contributed by atoms with van der Waals surface area (Å²) in [6.45, 7) is 0. The Bertz CT molecular complexity index is 287. The molecule has 10 heavy (non-hydrogen) atoms. The van der Waals surface area contributed by atoms with Gasteiger partial charge in [-0.2, -0.15) is 0 Å². The first-order valence-corrected chi connectivity index (χ1v) is 2.76. The van der Waals surface area contributed by atoms with Crippen LogP contribution in [0.5, 0.6) is 0 Å². The Morgan fingerprint density at radius 1 is 1.50 bits per heavy atom. The van der Waals surface area contributed by atoms with Crippen molar-refractivity contribution in [2.45, 2.75) is 0 Å². The minimum atomic E-state index is 0. The van der Waals surface area contributed by atoms with Crippen LogP contribution >= 0.6 is 0 Å². The quantitative estimate of drug-likeness (QED) is 0.509. The van der Waals surface area contributed by atoms with E-state index in [0.717, 1.165) is 11.0 Å². The van der Waals surface area contributed by atoms with E-state index in [9.17, 15) is 0 Å². The topological polar surface area (TPSA) is 42.8 Å². The molecule has 0 amide bonds. The number of H-pyrrole nitrogens is 2. The van der Waals surface area contributed by atoms with E-state index in [0.29, 0.717) is 0 Å². The van der Waals surface area contributed by atoms with Crippen LogP contribution in [0.15, 0.2) is 24.8 Å². The molecule has 2 aromatic heterocycles. The maximum absolute atomic E-state index is 4.04. The normalized spacial score (nSPS) is 9.20. The zero-order valence-electron chi connectivity index (χ0n) is 5.13. The van der Waals surface area contributed by atoms with Gasteiger partial charge in [-0.1, -0.05) is 0 Å². The molecule has 2 aromatic rings. The van der Waals surface area contributed by atoms with Crippen LogP contribution in [-0.2, 0) is 0 Å². The van der Waals surface area contributed by atoms with Gasteiger partial charge < -0.3 is 29.0 Å². The Labute approximate surface area is 74.9 Å². The molecule has 0 aromatic carbocycles. The highest BCUT2D eigenvalue weighted by atomic mass is 127. The summed E-state index contributed by atoms with van der Waals surface area (Å²) < 4.78 is 0. The van der Waals surface area contributed by atoms with Crippen molar-refractivity contribution in [1.82, 2.24) is 9.97 Å². The maximum Gasteiger partial charge on any atom is 0.193 e. The number of imidazole rings is 1. The zero-order chi connectivity index (χ0) is 6.10. The fourth-order valence-electron chi connectivity index (χ4n) is 0.822. The van der Waals surface area contributed by atoms with Gasteiger partial charge in [-0.05, 0) is 0 Å². The Kier molecular flexibility index (Phi) is 2.21. The molecule has 0 aliphatic carbocycles. The molecule has 0 saturated carbocycles. The van der Waals surface area contributed by atoms with E-state index in [2.05, 4.69) is 15.0 Å². The van der Waals surface area contributed by atoms with Crippen LogP contribution in [0.4, 0.5) is 0 Å². The number of rotatable bonds is 0. The second-order valence-electron chi connectivity index (χ2n) is 1.85. The van der Waals surface area contributed by atoms with Crippen molar-refractivity contribution in [2.24, 2.45) is 0 Å². The molecule has 0 aliphatic heterocycles. The smallest absolute Gasteiger partial charge is 0.193 e. The van der Waals surface area contributed by atoms with Crippen molar-refractivity contribution in [1.29, 1.82) is 0 Å². The van der Waals surface area contributed by atoms with Crippen molar-refractivity contribution in [2.75, 3.05) is 0 Å². The third kappa shape index (κ3) is 1.11. The fraction of sp³-hybridized carbons (Fsp3) is 0. The predicted octanol–water partition coefficient (Wildman–Crippen LogP) is -2.62. The lowest BCUT2D eigenvalue weighted by molar-refractivity contribution is -0.376. The van der Waals surface area contributed by atoms with Gasteiger partial charge >= 0.3 is 0 Å². The lowest BCUT2D eigenvalue weighted by Gasteiger charge is -1.75. The van der Waals surface area contributed by atoms with Gasteiger partial charge in [0.05, 0.1) is 6.33 Å². The molecule has 0 spiro atoms. The summed E-state index contributed by atoms with van der Waals surface area (Å²) in [5.41, 5.74) is 2.03. The van der Waals surface area contributed by atoms with Crippen molar-refractivity contribution in [3.63, 3.8) is 0 Å². The highest BCUT2D eigenvalue weighted by Crippen LogP contribution is 2.01. The van der Waals surface area contributed by atoms with Crippen molar-refractivity contribution in [3.8, 4) is 0 Å². The summed E-state index contributed by atoms with van der Waals surface area (Å²) in [7, 11) is 0. The van der Waals surface area contributed by atoms with Crippen LogP contribution in [-0.4, -0.2) is 9.97 Å². The number of fused-ring (bicyclic) bond motifs is 1. The highest BCUT2D eigenvalue weighted by Gasteiger charge is 1.93. The van der Waals surface area contributed by atoms with Crippen molar-refractivity contribution >= 4 is 11.0 Å². The second-order valence-corrected chi connectivity index (χ2v) is 1.85. The zero-order valence-corrected chi connectivity index (χ0v) is 7.29. The number of aromatic nitrogens is 3. The molecule has 2 N–H and O–H groups in total. The first kappa shape index (κ1) is 7.46. The molecular weight excluding hydrogens is 241 g/mol. The summed E-state index contributed by atoms with van der Waals surface area (Å²) >= 11 is 0. The third-order valence-corrected chi connectivity index (χ3v) is 1.26. The molecule has 4 heteroatoms. The molecule has 0 radical (unpaired) electrons. The fourth-order valence-corrected chi connectivity index (χ4v) is 0.822. The summed E-state index contributed by atoms with van der Waals surface area (Å²) in [6, 6.07) is 1.92. The van der Waals surface area contributed by atoms with Gasteiger partial charge in [-0.3, -0.25) is 0 Å². The average Bonchev–Trinajstić information content (AvgIpc) is 2.33. The molecular formula is C6H6IN3. The first-order chi connectivity index (χ1) is 4.47. The van der Waals surface area contributed by atoms with E-state index in [-0.39, 0.29) is 24.0 Å².